The van der Waals surface area contributed by atoms with Crippen molar-refractivity contribution in [1.29, 1.82) is 0 Å². The molecule has 0 saturated heterocycles. The van der Waals surface area contributed by atoms with Crippen LogP contribution in [0.15, 0.2) is 30.3 Å². The average Bonchev–Trinajstić information content (AvgIpc) is 2.84. The summed E-state index contributed by atoms with van der Waals surface area (Å²) >= 11 is 6.15. The fourth-order valence-electron chi connectivity index (χ4n) is 2.33. The minimum Gasteiger partial charge on any atom is -0.493 e. The van der Waals surface area contributed by atoms with Crippen molar-refractivity contribution in [3.8, 4) is 5.75 Å². The summed E-state index contributed by atoms with van der Waals surface area (Å²) in [5, 5.41) is -1.01. The highest BCUT2D eigenvalue weighted by atomic mass is 35.5. The van der Waals surface area contributed by atoms with Gasteiger partial charge in [-0.25, -0.2) is 13.2 Å². The molecule has 0 bridgehead atoms. The summed E-state index contributed by atoms with van der Waals surface area (Å²) in [5.74, 6) is -2.17. The summed E-state index contributed by atoms with van der Waals surface area (Å²) in [7, 11) is 0. The van der Waals surface area contributed by atoms with E-state index < -0.39 is 22.8 Å². The van der Waals surface area contributed by atoms with Gasteiger partial charge in [0.1, 0.15) is 23.2 Å². The fraction of sp³-hybridized carbons (Fsp3) is 0.200. The van der Waals surface area contributed by atoms with Crippen LogP contribution >= 0.6 is 11.6 Å². The number of alkyl halides is 1. The maximum atomic E-state index is 13.7. The van der Waals surface area contributed by atoms with Gasteiger partial charge in [0.05, 0.1) is 12.0 Å². The van der Waals surface area contributed by atoms with Gasteiger partial charge in [-0.3, -0.25) is 0 Å². The number of hydrogen-bond acceptors (Lipinski definition) is 1. The molecule has 1 atom stereocenters. The molecule has 2 aromatic carbocycles. The monoisotopic (exact) mass is 298 g/mol. The molecule has 0 fully saturated rings. The normalized spacial score (nSPS) is 14.8. The van der Waals surface area contributed by atoms with Crippen molar-refractivity contribution in [2.75, 3.05) is 6.61 Å². The summed E-state index contributed by atoms with van der Waals surface area (Å²) in [5.41, 5.74) is 1.17. The Hall–Kier alpha value is -1.68. The topological polar surface area (TPSA) is 9.23 Å². The lowest BCUT2D eigenvalue weighted by molar-refractivity contribution is 0.357. The highest BCUT2D eigenvalue weighted by molar-refractivity contribution is 6.22. The number of ether oxygens (including phenoxy) is 1. The molecule has 0 amide bonds. The van der Waals surface area contributed by atoms with Crippen LogP contribution in [0, 0.1) is 17.5 Å². The van der Waals surface area contributed by atoms with Crippen molar-refractivity contribution in [1.82, 2.24) is 0 Å². The number of halogens is 4. The van der Waals surface area contributed by atoms with Crippen LogP contribution in [0.3, 0.4) is 0 Å². The molecule has 0 aromatic heterocycles. The van der Waals surface area contributed by atoms with Crippen molar-refractivity contribution in [3.05, 3.63) is 64.5 Å². The van der Waals surface area contributed by atoms with E-state index in [0.29, 0.717) is 24.3 Å². The predicted octanol–water partition coefficient (Wildman–Crippen LogP) is 4.37. The molecule has 1 aliphatic rings. The molecule has 5 heteroatoms. The van der Waals surface area contributed by atoms with Crippen molar-refractivity contribution < 1.29 is 17.9 Å². The zero-order chi connectivity index (χ0) is 14.3. The summed E-state index contributed by atoms with van der Waals surface area (Å²) < 4.78 is 45.7. The minimum absolute atomic E-state index is 0.341. The molecule has 1 heterocycles. The first-order valence-corrected chi connectivity index (χ1v) is 6.54. The van der Waals surface area contributed by atoms with Crippen LogP contribution in [0.5, 0.6) is 5.75 Å². The second-order valence-corrected chi connectivity index (χ2v) is 5.05. The first-order chi connectivity index (χ1) is 9.56. The summed E-state index contributed by atoms with van der Waals surface area (Å²) in [6.07, 6.45) is 0.737. The fourth-order valence-corrected chi connectivity index (χ4v) is 2.67. The Morgan fingerprint density at radius 1 is 1.05 bits per heavy atom. The van der Waals surface area contributed by atoms with E-state index >= 15 is 0 Å². The van der Waals surface area contributed by atoms with E-state index in [0.717, 1.165) is 17.7 Å². The molecule has 0 radical (unpaired) electrons. The van der Waals surface area contributed by atoms with Gasteiger partial charge < -0.3 is 4.74 Å². The summed E-state index contributed by atoms with van der Waals surface area (Å²) in [6, 6.07) is 6.41. The van der Waals surface area contributed by atoms with E-state index in [-0.39, 0.29) is 5.56 Å². The smallest absolute Gasteiger partial charge is 0.134 e. The summed E-state index contributed by atoms with van der Waals surface area (Å²) in [6.45, 7) is 0.588. The van der Waals surface area contributed by atoms with Crippen molar-refractivity contribution in [2.45, 2.75) is 11.8 Å². The lowest BCUT2D eigenvalue weighted by Crippen LogP contribution is -2.02. The van der Waals surface area contributed by atoms with Crippen molar-refractivity contribution >= 4 is 11.6 Å². The summed E-state index contributed by atoms with van der Waals surface area (Å²) in [4.78, 5) is 0. The van der Waals surface area contributed by atoms with Gasteiger partial charge in [0.15, 0.2) is 0 Å². The zero-order valence-corrected chi connectivity index (χ0v) is 11.1. The third kappa shape index (κ3) is 2.24. The molecule has 3 rings (SSSR count). The van der Waals surface area contributed by atoms with E-state index in [1.54, 1.807) is 18.2 Å². The second kappa shape index (κ2) is 5.02. The van der Waals surface area contributed by atoms with E-state index in [4.69, 9.17) is 16.3 Å². The average molecular weight is 299 g/mol. The number of hydrogen-bond donors (Lipinski definition) is 0. The van der Waals surface area contributed by atoms with Gasteiger partial charge in [-0.15, -0.1) is 11.6 Å². The van der Waals surface area contributed by atoms with E-state index in [9.17, 15) is 13.2 Å². The molecular formula is C15H10ClF3O. The van der Waals surface area contributed by atoms with Gasteiger partial charge in [-0.05, 0) is 17.2 Å². The number of rotatable bonds is 2. The van der Waals surface area contributed by atoms with Crippen LogP contribution in [0.2, 0.25) is 0 Å². The number of benzene rings is 2. The molecule has 104 valence electrons. The first-order valence-electron chi connectivity index (χ1n) is 6.10. The van der Waals surface area contributed by atoms with E-state index in [1.165, 1.54) is 0 Å². The van der Waals surface area contributed by atoms with E-state index in [1.807, 2.05) is 0 Å². The number of fused-ring (bicyclic) bond motifs is 1. The Balaban J connectivity index is 2.03. The van der Waals surface area contributed by atoms with Crippen LogP contribution in [-0.4, -0.2) is 6.61 Å². The van der Waals surface area contributed by atoms with Crippen LogP contribution in [0.4, 0.5) is 13.2 Å². The Labute approximate surface area is 118 Å². The maximum Gasteiger partial charge on any atom is 0.134 e. The zero-order valence-electron chi connectivity index (χ0n) is 10.3. The minimum atomic E-state index is -1.01. The largest absolute Gasteiger partial charge is 0.493 e. The van der Waals surface area contributed by atoms with Gasteiger partial charge >= 0.3 is 0 Å². The molecule has 0 N–H and O–H groups in total. The molecule has 0 saturated carbocycles. The molecule has 1 unspecified atom stereocenters. The van der Waals surface area contributed by atoms with Gasteiger partial charge in [0.2, 0.25) is 0 Å². The quantitative estimate of drug-likeness (QED) is 0.748. The highest BCUT2D eigenvalue weighted by Crippen LogP contribution is 2.36. The van der Waals surface area contributed by atoms with Gasteiger partial charge in [0.25, 0.3) is 0 Å². The Kier molecular flexibility index (Phi) is 3.34. The Morgan fingerprint density at radius 2 is 1.75 bits per heavy atom. The van der Waals surface area contributed by atoms with Gasteiger partial charge in [-0.2, -0.15) is 0 Å². The standard InChI is InChI=1S/C15H10ClF3O/c16-15(14-11(18)6-10(17)7-12(14)19)9-1-2-13-8(5-9)3-4-20-13/h1-2,5-7,15H,3-4H2. The molecule has 0 spiro atoms. The van der Waals surface area contributed by atoms with Crippen molar-refractivity contribution in [2.24, 2.45) is 0 Å². The maximum absolute atomic E-state index is 13.7. The Bertz CT molecular complexity index is 649. The second-order valence-electron chi connectivity index (χ2n) is 4.61. The molecule has 20 heavy (non-hydrogen) atoms. The first kappa shape index (κ1) is 13.3. The highest BCUT2D eigenvalue weighted by Gasteiger charge is 2.23. The van der Waals surface area contributed by atoms with Gasteiger partial charge in [-0.1, -0.05) is 12.1 Å². The lowest BCUT2D eigenvalue weighted by atomic mass is 10.0. The van der Waals surface area contributed by atoms with Gasteiger partial charge in [0, 0.05) is 24.1 Å². The Morgan fingerprint density at radius 3 is 2.45 bits per heavy atom. The van der Waals surface area contributed by atoms with Crippen LogP contribution < -0.4 is 4.74 Å². The van der Waals surface area contributed by atoms with Crippen LogP contribution in [-0.2, 0) is 6.42 Å². The van der Waals surface area contributed by atoms with Crippen LogP contribution in [0.25, 0.3) is 0 Å². The van der Waals surface area contributed by atoms with Crippen molar-refractivity contribution in [3.63, 3.8) is 0 Å². The molecule has 2 aromatic rings. The SMILES string of the molecule is Fc1cc(F)c(C(Cl)c2ccc3c(c2)CCO3)c(F)c1. The molecule has 1 nitrogen and oxygen atoms in total. The molecule has 1 aliphatic heterocycles. The lowest BCUT2D eigenvalue weighted by Gasteiger charge is -2.13. The molecular weight excluding hydrogens is 289 g/mol. The predicted molar refractivity (Wildman–Crippen MR) is 69.7 cm³/mol. The third-order valence-corrected chi connectivity index (χ3v) is 3.77. The molecule has 0 aliphatic carbocycles. The van der Waals surface area contributed by atoms with E-state index in [2.05, 4.69) is 0 Å². The third-order valence-electron chi connectivity index (χ3n) is 3.30. The van der Waals surface area contributed by atoms with Crippen LogP contribution in [0.1, 0.15) is 22.1 Å².